The molecule has 0 aliphatic heterocycles. The number of hydrogen-bond acceptors (Lipinski definition) is 8. The van der Waals surface area contributed by atoms with E-state index < -0.39 is 17.2 Å². The van der Waals surface area contributed by atoms with Crippen LogP contribution in [-0.2, 0) is 22.4 Å². The first-order valence-corrected chi connectivity index (χ1v) is 12.5. The normalized spacial score (nSPS) is 13.9. The van der Waals surface area contributed by atoms with Crippen LogP contribution in [0.2, 0.25) is 0 Å². The number of carbonyl (C=O) groups excluding carboxylic acids is 2. The van der Waals surface area contributed by atoms with Gasteiger partial charge in [-0.2, -0.15) is 0 Å². The van der Waals surface area contributed by atoms with Gasteiger partial charge in [0.05, 0.1) is 22.7 Å². The van der Waals surface area contributed by atoms with E-state index in [1.54, 1.807) is 13.8 Å². The maximum Gasteiger partial charge on any atom is 0.341 e. The average Bonchev–Trinajstić information content (AvgIpc) is 3.34. The van der Waals surface area contributed by atoms with Gasteiger partial charge in [0.15, 0.2) is 5.95 Å². The third-order valence-electron chi connectivity index (χ3n) is 5.40. The number of nitrogens with zero attached hydrogens (tertiary/aromatic N) is 2. The predicted octanol–water partition coefficient (Wildman–Crippen LogP) is 3.57. The molecule has 33 heavy (non-hydrogen) atoms. The minimum absolute atomic E-state index is 0.206. The Kier molecular flexibility index (Phi) is 7.04. The smallest absolute Gasteiger partial charge is 0.341 e. The van der Waals surface area contributed by atoms with Gasteiger partial charge in [-0.25, -0.2) is 4.79 Å². The Balaban J connectivity index is 1.55. The number of anilines is 1. The Hall–Kier alpha value is -2.85. The number of nitrogens with one attached hydrogen (secondary N) is 1. The Labute approximate surface area is 199 Å². The van der Waals surface area contributed by atoms with Crippen LogP contribution in [0.3, 0.4) is 0 Å². The van der Waals surface area contributed by atoms with Crippen LogP contribution in [0.5, 0.6) is 5.95 Å². The van der Waals surface area contributed by atoms with Crippen molar-refractivity contribution in [2.75, 3.05) is 11.9 Å². The van der Waals surface area contributed by atoms with E-state index in [1.165, 1.54) is 16.0 Å². The van der Waals surface area contributed by atoms with E-state index in [4.69, 9.17) is 9.26 Å². The molecule has 0 spiro atoms. The molecule has 3 aromatic rings. The fourth-order valence-electron chi connectivity index (χ4n) is 3.70. The minimum Gasteiger partial charge on any atom is -0.538 e. The molecule has 0 bridgehead atoms. The first-order valence-electron chi connectivity index (χ1n) is 10.8. The lowest BCUT2D eigenvalue weighted by atomic mass is 9.95. The molecule has 1 atom stereocenters. The van der Waals surface area contributed by atoms with Crippen molar-refractivity contribution >= 4 is 40.0 Å². The van der Waals surface area contributed by atoms with Gasteiger partial charge in [0.25, 0.3) is 5.03 Å². The molecule has 1 aliphatic carbocycles. The number of rotatable bonds is 7. The van der Waals surface area contributed by atoms with Crippen LogP contribution >= 0.6 is 23.1 Å². The van der Waals surface area contributed by atoms with E-state index >= 15 is 0 Å². The highest BCUT2D eigenvalue weighted by molar-refractivity contribution is 8.00. The zero-order valence-electron chi connectivity index (χ0n) is 18.7. The second-order valence-corrected chi connectivity index (χ2v) is 10.2. The molecule has 0 saturated heterocycles. The van der Waals surface area contributed by atoms with Crippen molar-refractivity contribution in [3.8, 4) is 11.6 Å². The number of fused-ring (bicyclic) bond motifs is 1. The van der Waals surface area contributed by atoms with E-state index in [0.29, 0.717) is 16.3 Å². The molecule has 4 rings (SSSR count). The molecular weight excluding hydrogens is 462 g/mol. The van der Waals surface area contributed by atoms with E-state index in [1.807, 2.05) is 31.2 Å². The Bertz CT molecular complexity index is 1170. The lowest BCUT2D eigenvalue weighted by Crippen LogP contribution is -2.36. The fraction of sp³-hybridized carbons (Fsp3) is 0.391. The number of hydrogen-bond donors (Lipinski definition) is 1. The number of aryl methyl sites for hydroxylation is 2. The van der Waals surface area contributed by atoms with Crippen molar-refractivity contribution < 1.29 is 28.6 Å². The maximum atomic E-state index is 13.0. The van der Waals surface area contributed by atoms with Crippen molar-refractivity contribution in [1.29, 1.82) is 0 Å². The van der Waals surface area contributed by atoms with E-state index in [0.717, 1.165) is 53.4 Å². The number of amides is 1. The first-order chi connectivity index (χ1) is 15.9. The summed E-state index contributed by atoms with van der Waals surface area (Å²) in [6.07, 6.45) is 3.77. The Morgan fingerprint density at radius 1 is 1.30 bits per heavy atom. The third-order valence-corrected chi connectivity index (χ3v) is 7.73. The number of ether oxygens (including phenoxy) is 1. The average molecular weight is 488 g/mol. The number of thioether (sulfide) groups is 1. The lowest BCUT2D eigenvalue weighted by molar-refractivity contribution is -0.705. The molecule has 2 aromatic heterocycles. The number of benzene rings is 1. The topological polar surface area (TPSA) is 108 Å². The number of aromatic nitrogens is 2. The summed E-state index contributed by atoms with van der Waals surface area (Å²) in [5, 5.41) is 19.1. The highest BCUT2D eigenvalue weighted by Crippen LogP contribution is 2.39. The number of esters is 1. The van der Waals surface area contributed by atoms with Crippen molar-refractivity contribution in [2.45, 2.75) is 56.7 Å². The SMILES string of the molecule is CCOC(=O)c1c(NC(=O)C(C)Sc2c([O-])on[n+]2-c2ccc(C)cc2)sc2c1CCCC2. The van der Waals surface area contributed by atoms with Crippen LogP contribution in [0, 0.1) is 6.92 Å². The Morgan fingerprint density at radius 3 is 2.76 bits per heavy atom. The maximum absolute atomic E-state index is 13.0. The molecule has 0 radical (unpaired) electrons. The predicted molar refractivity (Wildman–Crippen MR) is 123 cm³/mol. The third kappa shape index (κ3) is 4.91. The largest absolute Gasteiger partial charge is 0.538 e. The summed E-state index contributed by atoms with van der Waals surface area (Å²) in [7, 11) is 0. The second-order valence-electron chi connectivity index (χ2n) is 7.80. The summed E-state index contributed by atoms with van der Waals surface area (Å²) >= 11 is 2.49. The number of carbonyl (C=O) groups is 2. The van der Waals surface area contributed by atoms with Gasteiger partial charge in [0, 0.05) is 17.0 Å². The van der Waals surface area contributed by atoms with E-state index in [2.05, 4.69) is 10.6 Å². The summed E-state index contributed by atoms with van der Waals surface area (Å²) in [5.74, 6) is -1.34. The van der Waals surface area contributed by atoms with E-state index in [9.17, 15) is 14.7 Å². The zero-order valence-corrected chi connectivity index (χ0v) is 20.3. The molecule has 1 amide bonds. The van der Waals surface area contributed by atoms with Crippen LogP contribution < -0.4 is 15.1 Å². The van der Waals surface area contributed by atoms with Gasteiger partial charge in [-0.1, -0.05) is 17.7 Å². The van der Waals surface area contributed by atoms with Crippen molar-refractivity contribution in [2.24, 2.45) is 0 Å². The molecule has 174 valence electrons. The molecule has 1 aromatic carbocycles. The summed E-state index contributed by atoms with van der Waals surface area (Å²) in [5.41, 5.74) is 3.19. The van der Waals surface area contributed by atoms with Gasteiger partial charge in [0.2, 0.25) is 11.6 Å². The molecule has 2 heterocycles. The summed E-state index contributed by atoms with van der Waals surface area (Å²) in [6.45, 7) is 5.69. The molecular formula is C23H25N3O5S2. The van der Waals surface area contributed by atoms with Crippen LogP contribution in [0.15, 0.2) is 33.8 Å². The molecule has 0 saturated carbocycles. The lowest BCUT2D eigenvalue weighted by Gasteiger charge is -2.13. The minimum atomic E-state index is -0.636. The first kappa shape index (κ1) is 23.3. The zero-order chi connectivity index (χ0) is 23.5. The van der Waals surface area contributed by atoms with Crippen LogP contribution in [0.4, 0.5) is 5.00 Å². The van der Waals surface area contributed by atoms with Crippen molar-refractivity contribution in [3.63, 3.8) is 0 Å². The second kappa shape index (κ2) is 9.96. The summed E-state index contributed by atoms with van der Waals surface area (Å²) < 4.78 is 11.5. The molecule has 0 fully saturated rings. The molecule has 1 aliphatic rings. The van der Waals surface area contributed by atoms with Gasteiger partial charge < -0.3 is 19.7 Å². The van der Waals surface area contributed by atoms with Crippen LogP contribution in [-0.4, -0.2) is 29.0 Å². The molecule has 1 unspecified atom stereocenters. The van der Waals surface area contributed by atoms with Gasteiger partial charge in [-0.3, -0.25) is 4.79 Å². The van der Waals surface area contributed by atoms with E-state index in [-0.39, 0.29) is 17.5 Å². The quantitative estimate of drug-likeness (QED) is 0.308. The van der Waals surface area contributed by atoms with Crippen molar-refractivity contribution in [1.82, 2.24) is 5.27 Å². The van der Waals surface area contributed by atoms with Crippen LogP contribution in [0.1, 0.15) is 53.1 Å². The van der Waals surface area contributed by atoms with Gasteiger partial charge in [-0.05, 0) is 68.5 Å². The van der Waals surface area contributed by atoms with Crippen LogP contribution in [0.25, 0.3) is 5.69 Å². The number of thiophene rings is 1. The highest BCUT2D eigenvalue weighted by Gasteiger charge is 2.30. The highest BCUT2D eigenvalue weighted by atomic mass is 32.2. The van der Waals surface area contributed by atoms with Gasteiger partial charge in [-0.15, -0.1) is 11.3 Å². The molecule has 8 nitrogen and oxygen atoms in total. The fourth-order valence-corrected chi connectivity index (χ4v) is 5.85. The Morgan fingerprint density at radius 2 is 2.03 bits per heavy atom. The van der Waals surface area contributed by atoms with Gasteiger partial charge >= 0.3 is 5.97 Å². The standard InChI is InChI=1S/C23H25N3O5S2/c1-4-30-22(28)18-16-7-5-6-8-17(16)33-20(18)24-19(27)14(3)32-21-23(29)31-25-26(21)15-11-9-13(2)10-12-15/h9-12,14H,4-8H2,1-3H3,(H-,24,25,27,28,29). The molecule has 10 heteroatoms. The monoisotopic (exact) mass is 487 g/mol. The molecule has 1 N–H and O–H groups in total. The van der Waals surface area contributed by atoms with Gasteiger partial charge in [0.1, 0.15) is 5.00 Å². The van der Waals surface area contributed by atoms with Crippen molar-refractivity contribution in [3.05, 3.63) is 45.8 Å². The summed E-state index contributed by atoms with van der Waals surface area (Å²) in [4.78, 5) is 26.8. The summed E-state index contributed by atoms with van der Waals surface area (Å²) in [6, 6.07) is 7.46.